The molecule has 0 unspecified atom stereocenters. The molecular formula is C24H20Cl3N3OS. The van der Waals surface area contributed by atoms with Crippen LogP contribution in [-0.4, -0.2) is 16.6 Å². The van der Waals surface area contributed by atoms with E-state index in [0.717, 1.165) is 16.8 Å². The third-order valence-corrected chi connectivity index (χ3v) is 6.35. The molecule has 1 aromatic heterocycles. The Morgan fingerprint density at radius 2 is 1.72 bits per heavy atom. The molecule has 164 valence electrons. The lowest BCUT2D eigenvalue weighted by Crippen LogP contribution is -2.17. The van der Waals surface area contributed by atoms with Crippen molar-refractivity contribution >= 4 is 58.2 Å². The molecule has 0 atom stereocenters. The summed E-state index contributed by atoms with van der Waals surface area (Å²) in [5, 5.41) is 14.0. The molecule has 0 saturated carbocycles. The fourth-order valence-corrected chi connectivity index (χ4v) is 4.65. The third kappa shape index (κ3) is 5.76. The number of benzene rings is 2. The highest BCUT2D eigenvalue weighted by Gasteiger charge is 2.22. The Bertz CT molecular complexity index is 1180. The van der Waals surface area contributed by atoms with Gasteiger partial charge < -0.3 is 5.32 Å². The molecule has 3 rings (SSSR count). The second-order valence-electron chi connectivity index (χ2n) is 8.04. The highest BCUT2D eigenvalue weighted by Crippen LogP contribution is 2.36. The number of thioether (sulfide) groups is 1. The summed E-state index contributed by atoms with van der Waals surface area (Å²) < 4.78 is 0. The molecule has 0 aliphatic heterocycles. The molecule has 0 bridgehead atoms. The van der Waals surface area contributed by atoms with Gasteiger partial charge in [0.2, 0.25) is 5.91 Å². The number of rotatable bonds is 5. The second kappa shape index (κ2) is 10.1. The SMILES string of the molecule is CC(C)(C)c1cc(-c2ccccc2)c(C#N)c(SCC(=O)Nc2c(Cl)cc(Cl)cc2Cl)n1. The number of amides is 1. The van der Waals surface area contributed by atoms with Crippen molar-refractivity contribution in [1.29, 1.82) is 5.26 Å². The van der Waals surface area contributed by atoms with E-state index in [9.17, 15) is 10.1 Å². The number of pyridine rings is 1. The summed E-state index contributed by atoms with van der Waals surface area (Å²) in [6.45, 7) is 6.17. The average molecular weight is 505 g/mol. The predicted octanol–water partition coefficient (Wildman–Crippen LogP) is 7.61. The van der Waals surface area contributed by atoms with Crippen molar-refractivity contribution in [2.24, 2.45) is 0 Å². The number of aromatic nitrogens is 1. The minimum atomic E-state index is -0.325. The molecule has 2 aromatic carbocycles. The maximum absolute atomic E-state index is 12.6. The quantitative estimate of drug-likeness (QED) is 0.363. The minimum absolute atomic E-state index is 0.0266. The van der Waals surface area contributed by atoms with E-state index in [4.69, 9.17) is 39.8 Å². The number of hydrogen-bond acceptors (Lipinski definition) is 4. The van der Waals surface area contributed by atoms with E-state index in [-0.39, 0.29) is 27.1 Å². The van der Waals surface area contributed by atoms with Crippen LogP contribution in [0.1, 0.15) is 32.0 Å². The van der Waals surface area contributed by atoms with Gasteiger partial charge >= 0.3 is 0 Å². The number of nitrogens with zero attached hydrogens (tertiary/aromatic N) is 2. The van der Waals surface area contributed by atoms with Crippen LogP contribution in [0.5, 0.6) is 0 Å². The fourth-order valence-electron chi connectivity index (χ4n) is 2.93. The molecule has 3 aromatic rings. The van der Waals surface area contributed by atoms with Crippen LogP contribution in [0.15, 0.2) is 53.6 Å². The van der Waals surface area contributed by atoms with Gasteiger partial charge in [-0.15, -0.1) is 0 Å². The van der Waals surface area contributed by atoms with Gasteiger partial charge in [-0.1, -0.05) is 97.7 Å². The van der Waals surface area contributed by atoms with Crippen LogP contribution in [0.2, 0.25) is 15.1 Å². The topological polar surface area (TPSA) is 65.8 Å². The Morgan fingerprint density at radius 1 is 1.09 bits per heavy atom. The lowest BCUT2D eigenvalue weighted by atomic mass is 9.89. The first-order valence-corrected chi connectivity index (χ1v) is 11.8. The lowest BCUT2D eigenvalue weighted by molar-refractivity contribution is -0.113. The number of hydrogen-bond donors (Lipinski definition) is 1. The van der Waals surface area contributed by atoms with Crippen LogP contribution >= 0.6 is 46.6 Å². The first-order chi connectivity index (χ1) is 15.1. The van der Waals surface area contributed by atoms with Crippen molar-refractivity contribution in [1.82, 2.24) is 4.98 Å². The predicted molar refractivity (Wildman–Crippen MR) is 134 cm³/mol. The number of carbonyl (C=O) groups excluding carboxylic acids is 1. The molecule has 1 N–H and O–H groups in total. The first-order valence-electron chi connectivity index (χ1n) is 9.68. The summed E-state index contributed by atoms with van der Waals surface area (Å²) in [6.07, 6.45) is 0. The number of anilines is 1. The number of nitrogens with one attached hydrogen (secondary N) is 1. The van der Waals surface area contributed by atoms with Gasteiger partial charge in [-0.2, -0.15) is 5.26 Å². The number of halogens is 3. The van der Waals surface area contributed by atoms with E-state index in [1.807, 2.05) is 36.4 Å². The molecule has 32 heavy (non-hydrogen) atoms. The Kier molecular flexibility index (Phi) is 7.74. The zero-order chi connectivity index (χ0) is 23.5. The van der Waals surface area contributed by atoms with Crippen LogP contribution in [-0.2, 0) is 10.2 Å². The van der Waals surface area contributed by atoms with Gasteiger partial charge in [0.05, 0.1) is 27.0 Å². The Labute approximate surface area is 206 Å². The highest BCUT2D eigenvalue weighted by molar-refractivity contribution is 8.00. The zero-order valence-electron chi connectivity index (χ0n) is 17.7. The van der Waals surface area contributed by atoms with Gasteiger partial charge in [-0.05, 0) is 23.8 Å². The number of carbonyl (C=O) groups is 1. The van der Waals surface area contributed by atoms with Crippen LogP contribution in [0.25, 0.3) is 11.1 Å². The summed E-state index contributed by atoms with van der Waals surface area (Å²) >= 11 is 19.4. The van der Waals surface area contributed by atoms with E-state index in [1.54, 1.807) is 0 Å². The van der Waals surface area contributed by atoms with Gasteiger partial charge in [0.1, 0.15) is 11.1 Å². The van der Waals surface area contributed by atoms with E-state index in [0.29, 0.717) is 21.3 Å². The molecule has 0 spiro atoms. The van der Waals surface area contributed by atoms with Gasteiger partial charge in [0.25, 0.3) is 0 Å². The molecule has 0 aliphatic carbocycles. The molecule has 1 amide bonds. The summed E-state index contributed by atoms with van der Waals surface area (Å²) in [6, 6.07) is 16.9. The molecule has 0 fully saturated rings. The lowest BCUT2D eigenvalue weighted by Gasteiger charge is -2.21. The van der Waals surface area contributed by atoms with Crippen molar-refractivity contribution < 1.29 is 4.79 Å². The number of nitriles is 1. The smallest absolute Gasteiger partial charge is 0.234 e. The fraction of sp³-hybridized carbons (Fsp3) is 0.208. The van der Waals surface area contributed by atoms with Crippen molar-refractivity contribution in [2.75, 3.05) is 11.1 Å². The Morgan fingerprint density at radius 3 is 2.28 bits per heavy atom. The molecule has 4 nitrogen and oxygen atoms in total. The summed E-state index contributed by atoms with van der Waals surface area (Å²) in [7, 11) is 0. The minimum Gasteiger partial charge on any atom is -0.323 e. The summed E-state index contributed by atoms with van der Waals surface area (Å²) in [4.78, 5) is 17.3. The molecule has 1 heterocycles. The van der Waals surface area contributed by atoms with Crippen LogP contribution in [0.3, 0.4) is 0 Å². The van der Waals surface area contributed by atoms with Gasteiger partial charge in [-0.3, -0.25) is 4.79 Å². The van der Waals surface area contributed by atoms with E-state index < -0.39 is 0 Å². The molecule has 0 aliphatic rings. The standard InChI is InChI=1S/C24H20Cl3N3OS/c1-24(2,3)20-11-16(14-7-5-4-6-8-14)17(12-28)23(29-20)32-13-21(31)30-22-18(26)9-15(25)10-19(22)27/h4-11H,13H2,1-3H3,(H,30,31). The van der Waals surface area contributed by atoms with Gasteiger partial charge in [0.15, 0.2) is 0 Å². The monoisotopic (exact) mass is 503 g/mol. The van der Waals surface area contributed by atoms with Crippen molar-refractivity contribution in [3.05, 3.63) is 74.9 Å². The maximum Gasteiger partial charge on any atom is 0.234 e. The largest absolute Gasteiger partial charge is 0.323 e. The molecular weight excluding hydrogens is 485 g/mol. The van der Waals surface area contributed by atoms with E-state index in [2.05, 4.69) is 32.2 Å². The molecule has 8 heteroatoms. The molecule has 0 saturated heterocycles. The molecule has 0 radical (unpaired) electrons. The second-order valence-corrected chi connectivity index (χ2v) is 10.3. The highest BCUT2D eigenvalue weighted by atomic mass is 35.5. The summed E-state index contributed by atoms with van der Waals surface area (Å²) in [5.74, 6) is -0.298. The Balaban J connectivity index is 1.92. The summed E-state index contributed by atoms with van der Waals surface area (Å²) in [5.41, 5.74) is 3.04. The normalized spacial score (nSPS) is 11.2. The van der Waals surface area contributed by atoms with Crippen molar-refractivity contribution in [3.8, 4) is 17.2 Å². The average Bonchev–Trinajstić information content (AvgIpc) is 2.74. The van der Waals surface area contributed by atoms with Gasteiger partial charge in [0, 0.05) is 21.7 Å². The van der Waals surface area contributed by atoms with E-state index >= 15 is 0 Å². The zero-order valence-corrected chi connectivity index (χ0v) is 20.8. The van der Waals surface area contributed by atoms with Crippen molar-refractivity contribution in [2.45, 2.75) is 31.2 Å². The first kappa shape index (κ1) is 24.4. The maximum atomic E-state index is 12.6. The van der Waals surface area contributed by atoms with E-state index in [1.165, 1.54) is 23.9 Å². The third-order valence-electron chi connectivity index (χ3n) is 4.56. The van der Waals surface area contributed by atoms with Crippen LogP contribution in [0.4, 0.5) is 5.69 Å². The van der Waals surface area contributed by atoms with Crippen LogP contribution < -0.4 is 5.32 Å². The van der Waals surface area contributed by atoms with Crippen LogP contribution in [0, 0.1) is 11.3 Å². The Hall–Kier alpha value is -2.23. The van der Waals surface area contributed by atoms with Gasteiger partial charge in [-0.25, -0.2) is 4.98 Å². The van der Waals surface area contributed by atoms with Crippen molar-refractivity contribution in [3.63, 3.8) is 0 Å².